The molecule has 0 unspecified atom stereocenters. The third kappa shape index (κ3) is 3.28. The summed E-state index contributed by atoms with van der Waals surface area (Å²) in [6.07, 6.45) is 1.73. The molecule has 0 fully saturated rings. The maximum Gasteiger partial charge on any atom is 0.237 e. The highest BCUT2D eigenvalue weighted by atomic mass is 32.2. The fourth-order valence-corrected chi connectivity index (χ4v) is 2.43. The molecule has 2 heterocycles. The van der Waals surface area contributed by atoms with E-state index in [0.717, 1.165) is 5.03 Å². The SMILES string of the molecule is Cc1ccc(-c2noc(CSc3ccccn3)n2)cc1F. The van der Waals surface area contributed by atoms with Gasteiger partial charge in [-0.1, -0.05) is 35.1 Å². The molecular formula is C15H12FN3OS. The molecule has 0 bridgehead atoms. The van der Waals surface area contributed by atoms with Crippen LogP contribution in [0.5, 0.6) is 0 Å². The topological polar surface area (TPSA) is 51.8 Å². The number of hydrogen-bond acceptors (Lipinski definition) is 5. The number of aromatic nitrogens is 3. The lowest BCUT2D eigenvalue weighted by Crippen LogP contribution is -1.87. The van der Waals surface area contributed by atoms with E-state index in [9.17, 15) is 4.39 Å². The normalized spacial score (nSPS) is 10.8. The first kappa shape index (κ1) is 13.8. The van der Waals surface area contributed by atoms with Crippen molar-refractivity contribution in [3.8, 4) is 11.4 Å². The number of benzene rings is 1. The summed E-state index contributed by atoms with van der Waals surface area (Å²) >= 11 is 1.51. The van der Waals surface area contributed by atoms with Crippen LogP contribution in [-0.4, -0.2) is 15.1 Å². The lowest BCUT2D eigenvalue weighted by atomic mass is 10.1. The molecule has 4 nitrogen and oxygen atoms in total. The van der Waals surface area contributed by atoms with Gasteiger partial charge in [-0.2, -0.15) is 4.98 Å². The van der Waals surface area contributed by atoms with Crippen LogP contribution in [0.25, 0.3) is 11.4 Å². The number of pyridine rings is 1. The number of aryl methyl sites for hydroxylation is 1. The van der Waals surface area contributed by atoms with Gasteiger partial charge in [-0.05, 0) is 30.7 Å². The quantitative estimate of drug-likeness (QED) is 0.685. The molecule has 0 amide bonds. The highest BCUT2D eigenvalue weighted by Gasteiger charge is 2.10. The Kier molecular flexibility index (Phi) is 3.96. The van der Waals surface area contributed by atoms with Gasteiger partial charge in [0.1, 0.15) is 5.82 Å². The number of hydrogen-bond donors (Lipinski definition) is 0. The van der Waals surface area contributed by atoms with E-state index < -0.39 is 0 Å². The van der Waals surface area contributed by atoms with E-state index in [4.69, 9.17) is 4.52 Å². The van der Waals surface area contributed by atoms with Gasteiger partial charge in [0.2, 0.25) is 11.7 Å². The van der Waals surface area contributed by atoms with E-state index in [1.165, 1.54) is 17.8 Å². The van der Waals surface area contributed by atoms with Crippen molar-refractivity contribution >= 4 is 11.8 Å². The molecule has 0 N–H and O–H groups in total. The van der Waals surface area contributed by atoms with Crippen molar-refractivity contribution in [2.75, 3.05) is 0 Å². The van der Waals surface area contributed by atoms with E-state index in [2.05, 4.69) is 15.1 Å². The molecule has 0 saturated heterocycles. The van der Waals surface area contributed by atoms with E-state index in [1.54, 1.807) is 25.3 Å². The molecule has 0 spiro atoms. The van der Waals surface area contributed by atoms with Crippen LogP contribution in [0, 0.1) is 12.7 Å². The van der Waals surface area contributed by atoms with Crippen LogP contribution >= 0.6 is 11.8 Å². The number of rotatable bonds is 4. The first-order chi connectivity index (χ1) is 10.2. The molecule has 21 heavy (non-hydrogen) atoms. The Morgan fingerprint density at radius 3 is 2.90 bits per heavy atom. The van der Waals surface area contributed by atoms with E-state index in [0.29, 0.717) is 28.6 Å². The van der Waals surface area contributed by atoms with Gasteiger partial charge in [0.15, 0.2) is 0 Å². The van der Waals surface area contributed by atoms with Gasteiger partial charge in [0, 0.05) is 11.8 Å². The fourth-order valence-electron chi connectivity index (χ4n) is 1.73. The van der Waals surface area contributed by atoms with Crippen LogP contribution in [-0.2, 0) is 5.75 Å². The van der Waals surface area contributed by atoms with Gasteiger partial charge in [0.25, 0.3) is 0 Å². The van der Waals surface area contributed by atoms with Crippen LogP contribution in [0.2, 0.25) is 0 Å². The fraction of sp³-hybridized carbons (Fsp3) is 0.133. The van der Waals surface area contributed by atoms with E-state index >= 15 is 0 Å². The predicted octanol–water partition coefficient (Wildman–Crippen LogP) is 3.87. The summed E-state index contributed by atoms with van der Waals surface area (Å²) in [6.45, 7) is 1.71. The third-order valence-corrected chi connectivity index (χ3v) is 3.81. The third-order valence-electron chi connectivity index (χ3n) is 2.88. The Labute approximate surface area is 125 Å². The predicted molar refractivity (Wildman–Crippen MR) is 78.2 cm³/mol. The standard InChI is InChI=1S/C15H12FN3OS/c1-10-5-6-11(8-12(10)16)15-18-13(20-19-15)9-21-14-4-2-3-7-17-14/h2-8H,9H2,1H3. The summed E-state index contributed by atoms with van der Waals surface area (Å²) in [5.41, 5.74) is 1.20. The van der Waals surface area contributed by atoms with Gasteiger partial charge in [-0.3, -0.25) is 0 Å². The van der Waals surface area contributed by atoms with Gasteiger partial charge >= 0.3 is 0 Å². The van der Waals surface area contributed by atoms with Crippen LogP contribution in [0.3, 0.4) is 0 Å². The Balaban J connectivity index is 1.72. The number of thioether (sulfide) groups is 1. The highest BCUT2D eigenvalue weighted by Crippen LogP contribution is 2.22. The van der Waals surface area contributed by atoms with Crippen LogP contribution < -0.4 is 0 Å². The monoisotopic (exact) mass is 301 g/mol. The Morgan fingerprint density at radius 1 is 1.24 bits per heavy atom. The first-order valence-corrected chi connectivity index (χ1v) is 7.34. The van der Waals surface area contributed by atoms with Gasteiger partial charge in [-0.15, -0.1) is 0 Å². The number of halogens is 1. The lowest BCUT2D eigenvalue weighted by Gasteiger charge is -1.97. The molecule has 0 atom stereocenters. The Bertz CT molecular complexity index is 746. The maximum absolute atomic E-state index is 13.5. The van der Waals surface area contributed by atoms with Gasteiger partial charge in [-0.25, -0.2) is 9.37 Å². The van der Waals surface area contributed by atoms with Gasteiger partial charge in [0.05, 0.1) is 10.8 Å². The van der Waals surface area contributed by atoms with Crippen molar-refractivity contribution in [2.45, 2.75) is 17.7 Å². The largest absolute Gasteiger partial charge is 0.338 e. The summed E-state index contributed by atoms with van der Waals surface area (Å²) in [5.74, 6) is 1.13. The second-order valence-corrected chi connectivity index (χ2v) is 5.43. The molecule has 0 aliphatic carbocycles. The zero-order chi connectivity index (χ0) is 14.7. The van der Waals surface area contributed by atoms with Crippen molar-refractivity contribution in [1.82, 2.24) is 15.1 Å². The lowest BCUT2D eigenvalue weighted by molar-refractivity contribution is 0.391. The maximum atomic E-state index is 13.5. The summed E-state index contributed by atoms with van der Waals surface area (Å²) in [6, 6.07) is 10.6. The van der Waals surface area contributed by atoms with Crippen LogP contribution in [0.4, 0.5) is 4.39 Å². The minimum atomic E-state index is -0.276. The average Bonchev–Trinajstić information content (AvgIpc) is 2.98. The molecule has 106 valence electrons. The van der Waals surface area contributed by atoms with Crippen LogP contribution in [0.15, 0.2) is 52.1 Å². The molecule has 6 heteroatoms. The van der Waals surface area contributed by atoms with Gasteiger partial charge < -0.3 is 4.52 Å². The molecule has 0 aliphatic heterocycles. The molecule has 0 aliphatic rings. The zero-order valence-corrected chi connectivity index (χ0v) is 12.1. The highest BCUT2D eigenvalue weighted by molar-refractivity contribution is 7.98. The molecular weight excluding hydrogens is 289 g/mol. The zero-order valence-electron chi connectivity index (χ0n) is 11.3. The van der Waals surface area contributed by atoms with Crippen molar-refractivity contribution in [2.24, 2.45) is 0 Å². The van der Waals surface area contributed by atoms with Crippen molar-refractivity contribution in [3.05, 3.63) is 59.9 Å². The Morgan fingerprint density at radius 2 is 2.14 bits per heavy atom. The summed E-state index contributed by atoms with van der Waals surface area (Å²) in [5, 5.41) is 4.77. The second-order valence-electron chi connectivity index (χ2n) is 4.43. The first-order valence-electron chi connectivity index (χ1n) is 6.35. The van der Waals surface area contributed by atoms with Crippen LogP contribution in [0.1, 0.15) is 11.5 Å². The van der Waals surface area contributed by atoms with Crippen molar-refractivity contribution in [3.63, 3.8) is 0 Å². The van der Waals surface area contributed by atoms with Crippen molar-refractivity contribution < 1.29 is 8.91 Å². The van der Waals surface area contributed by atoms with E-state index in [1.807, 2.05) is 18.2 Å². The molecule has 2 aromatic heterocycles. The summed E-state index contributed by atoms with van der Waals surface area (Å²) in [4.78, 5) is 8.48. The Hall–Kier alpha value is -2.21. The average molecular weight is 301 g/mol. The molecule has 3 aromatic rings. The smallest absolute Gasteiger partial charge is 0.237 e. The minimum absolute atomic E-state index is 0.276. The number of nitrogens with zero attached hydrogens (tertiary/aromatic N) is 3. The summed E-state index contributed by atoms with van der Waals surface area (Å²) in [7, 11) is 0. The molecule has 1 aromatic carbocycles. The molecule has 0 radical (unpaired) electrons. The second kappa shape index (κ2) is 6.05. The molecule has 3 rings (SSSR count). The van der Waals surface area contributed by atoms with E-state index in [-0.39, 0.29) is 5.82 Å². The molecule has 0 saturated carbocycles. The summed E-state index contributed by atoms with van der Waals surface area (Å²) < 4.78 is 18.7. The minimum Gasteiger partial charge on any atom is -0.338 e. The van der Waals surface area contributed by atoms with Crippen molar-refractivity contribution in [1.29, 1.82) is 0 Å².